The summed E-state index contributed by atoms with van der Waals surface area (Å²) in [6.45, 7) is -2.75. The van der Waals surface area contributed by atoms with Crippen LogP contribution in [0.15, 0.2) is 30.5 Å². The Balaban J connectivity index is 1.76. The number of carbonyl (C=O) groups excluding carboxylic acids is 1. The standard InChI is InChI=1S/C16H17F2N3O3/c17-15(18)24-11-4-1-3-10(7-11)13-12(8-20-21-13)14(22)19-9-16(23)5-2-6-16/h1,3-4,7-8,15,23H,2,5-6,9H2,(H,19,22)(H,20,21). The zero-order valence-electron chi connectivity index (χ0n) is 12.8. The molecule has 0 radical (unpaired) electrons. The molecule has 8 heteroatoms. The van der Waals surface area contributed by atoms with E-state index >= 15 is 0 Å². The smallest absolute Gasteiger partial charge is 0.387 e. The highest BCUT2D eigenvalue weighted by molar-refractivity contribution is 5.99. The van der Waals surface area contributed by atoms with E-state index in [1.165, 1.54) is 18.3 Å². The van der Waals surface area contributed by atoms with Crippen molar-refractivity contribution in [1.82, 2.24) is 15.5 Å². The summed E-state index contributed by atoms with van der Waals surface area (Å²) in [5, 5.41) is 19.3. The highest BCUT2D eigenvalue weighted by Crippen LogP contribution is 2.31. The van der Waals surface area contributed by atoms with Crippen molar-refractivity contribution in [2.45, 2.75) is 31.5 Å². The molecule has 1 aromatic carbocycles. The third-order valence-corrected chi connectivity index (χ3v) is 4.09. The summed E-state index contributed by atoms with van der Waals surface area (Å²) in [6, 6.07) is 6.00. The van der Waals surface area contributed by atoms with Crippen LogP contribution in [-0.2, 0) is 0 Å². The van der Waals surface area contributed by atoms with Crippen LogP contribution in [-0.4, -0.2) is 40.0 Å². The summed E-state index contributed by atoms with van der Waals surface area (Å²) in [5.74, 6) is -0.397. The maximum absolute atomic E-state index is 12.3. The predicted octanol–water partition coefficient (Wildman–Crippen LogP) is 2.32. The van der Waals surface area contributed by atoms with Gasteiger partial charge in [-0.15, -0.1) is 0 Å². The van der Waals surface area contributed by atoms with Gasteiger partial charge in [0, 0.05) is 12.1 Å². The summed E-state index contributed by atoms with van der Waals surface area (Å²) in [5.41, 5.74) is 0.336. The molecule has 1 aliphatic carbocycles. The number of ether oxygens (including phenoxy) is 1. The second-order valence-corrected chi connectivity index (χ2v) is 5.83. The van der Waals surface area contributed by atoms with E-state index in [1.807, 2.05) is 0 Å². The van der Waals surface area contributed by atoms with E-state index in [1.54, 1.807) is 12.1 Å². The van der Waals surface area contributed by atoms with Gasteiger partial charge < -0.3 is 15.2 Å². The molecular weight excluding hydrogens is 320 g/mol. The lowest BCUT2D eigenvalue weighted by Gasteiger charge is -2.36. The molecule has 1 aromatic heterocycles. The lowest BCUT2D eigenvalue weighted by atomic mass is 9.80. The Bertz CT molecular complexity index is 729. The zero-order valence-corrected chi connectivity index (χ0v) is 12.8. The Hall–Kier alpha value is -2.48. The number of H-pyrrole nitrogens is 1. The van der Waals surface area contributed by atoms with Gasteiger partial charge in [-0.3, -0.25) is 9.89 Å². The second kappa shape index (κ2) is 6.56. The number of halogens is 2. The van der Waals surface area contributed by atoms with Crippen molar-refractivity contribution in [3.05, 3.63) is 36.0 Å². The minimum absolute atomic E-state index is 0.00719. The number of amides is 1. The summed E-state index contributed by atoms with van der Waals surface area (Å²) < 4.78 is 29.0. The first-order valence-electron chi connectivity index (χ1n) is 7.56. The van der Waals surface area contributed by atoms with Crippen LogP contribution in [0.25, 0.3) is 11.3 Å². The van der Waals surface area contributed by atoms with E-state index in [2.05, 4.69) is 20.3 Å². The molecule has 0 atom stereocenters. The first-order chi connectivity index (χ1) is 11.5. The Morgan fingerprint density at radius 1 is 1.46 bits per heavy atom. The van der Waals surface area contributed by atoms with E-state index in [-0.39, 0.29) is 23.8 Å². The van der Waals surface area contributed by atoms with Gasteiger partial charge in [-0.05, 0) is 31.4 Å². The zero-order chi connectivity index (χ0) is 17.2. The van der Waals surface area contributed by atoms with Crippen LogP contribution in [0.5, 0.6) is 5.75 Å². The van der Waals surface area contributed by atoms with Gasteiger partial charge in [-0.1, -0.05) is 12.1 Å². The first-order valence-corrected chi connectivity index (χ1v) is 7.56. The fraction of sp³-hybridized carbons (Fsp3) is 0.375. The molecule has 0 bridgehead atoms. The van der Waals surface area contributed by atoms with E-state index in [0.29, 0.717) is 24.1 Å². The number of nitrogens with zero attached hydrogens (tertiary/aromatic N) is 1. The molecule has 0 spiro atoms. The maximum atomic E-state index is 12.3. The van der Waals surface area contributed by atoms with Gasteiger partial charge >= 0.3 is 6.61 Å². The van der Waals surface area contributed by atoms with Crippen molar-refractivity contribution in [2.24, 2.45) is 0 Å². The SMILES string of the molecule is O=C(NCC1(O)CCC1)c1cn[nH]c1-c1cccc(OC(F)F)c1. The lowest BCUT2D eigenvalue weighted by molar-refractivity contribution is -0.0498. The van der Waals surface area contributed by atoms with Crippen LogP contribution in [0, 0.1) is 0 Å². The third-order valence-electron chi connectivity index (χ3n) is 4.09. The summed E-state index contributed by atoms with van der Waals surface area (Å²) in [7, 11) is 0. The molecule has 24 heavy (non-hydrogen) atoms. The molecule has 128 valence electrons. The van der Waals surface area contributed by atoms with E-state index < -0.39 is 12.2 Å². The van der Waals surface area contributed by atoms with Crippen molar-refractivity contribution in [3.63, 3.8) is 0 Å². The first kappa shape index (κ1) is 16.4. The topological polar surface area (TPSA) is 87.2 Å². The van der Waals surface area contributed by atoms with E-state index in [4.69, 9.17) is 0 Å². The number of aromatic amines is 1. The highest BCUT2D eigenvalue weighted by Gasteiger charge is 2.34. The molecule has 6 nitrogen and oxygen atoms in total. The van der Waals surface area contributed by atoms with Crippen LogP contribution < -0.4 is 10.1 Å². The molecule has 1 heterocycles. The molecule has 2 aromatic rings. The predicted molar refractivity (Wildman–Crippen MR) is 81.8 cm³/mol. The monoisotopic (exact) mass is 337 g/mol. The molecule has 0 aliphatic heterocycles. The fourth-order valence-corrected chi connectivity index (χ4v) is 2.61. The average molecular weight is 337 g/mol. The number of aromatic nitrogens is 2. The van der Waals surface area contributed by atoms with E-state index in [9.17, 15) is 18.7 Å². The van der Waals surface area contributed by atoms with Gasteiger partial charge in [0.05, 0.1) is 23.1 Å². The van der Waals surface area contributed by atoms with Crippen molar-refractivity contribution in [1.29, 1.82) is 0 Å². The molecule has 0 unspecified atom stereocenters. The van der Waals surface area contributed by atoms with E-state index in [0.717, 1.165) is 6.42 Å². The third kappa shape index (κ3) is 3.53. The minimum atomic E-state index is -2.92. The van der Waals surface area contributed by atoms with Crippen LogP contribution in [0.1, 0.15) is 29.6 Å². The molecule has 1 aliphatic rings. The number of benzene rings is 1. The average Bonchev–Trinajstić information content (AvgIpc) is 3.00. The highest BCUT2D eigenvalue weighted by atomic mass is 19.3. The molecule has 3 rings (SSSR count). The molecule has 1 amide bonds. The van der Waals surface area contributed by atoms with Crippen LogP contribution in [0.3, 0.4) is 0 Å². The van der Waals surface area contributed by atoms with Gasteiger partial charge in [0.15, 0.2) is 0 Å². The summed E-state index contributed by atoms with van der Waals surface area (Å²) in [6.07, 6.45) is 3.63. The Kier molecular flexibility index (Phi) is 4.48. The number of nitrogens with one attached hydrogen (secondary N) is 2. The molecular formula is C16H17F2N3O3. The van der Waals surface area contributed by atoms with Crippen LogP contribution >= 0.6 is 0 Å². The van der Waals surface area contributed by atoms with Gasteiger partial charge in [0.1, 0.15) is 5.75 Å². The Labute approximate surface area is 136 Å². The summed E-state index contributed by atoms with van der Waals surface area (Å²) >= 11 is 0. The number of carbonyl (C=O) groups is 1. The number of hydrogen-bond acceptors (Lipinski definition) is 4. The molecule has 3 N–H and O–H groups in total. The van der Waals surface area contributed by atoms with Gasteiger partial charge in [-0.2, -0.15) is 13.9 Å². The normalized spacial score (nSPS) is 15.8. The molecule has 1 fully saturated rings. The molecule has 0 saturated heterocycles. The van der Waals surface area contributed by atoms with Crippen LogP contribution in [0.4, 0.5) is 8.78 Å². The maximum Gasteiger partial charge on any atom is 0.387 e. The van der Waals surface area contributed by atoms with Crippen molar-refractivity contribution < 1.29 is 23.4 Å². The quantitative estimate of drug-likeness (QED) is 0.755. The lowest BCUT2D eigenvalue weighted by Crippen LogP contribution is -2.47. The van der Waals surface area contributed by atoms with Crippen molar-refractivity contribution in [2.75, 3.05) is 6.54 Å². The van der Waals surface area contributed by atoms with Crippen molar-refractivity contribution in [3.8, 4) is 17.0 Å². The van der Waals surface area contributed by atoms with Crippen molar-refractivity contribution >= 4 is 5.91 Å². The number of hydrogen-bond donors (Lipinski definition) is 3. The second-order valence-electron chi connectivity index (χ2n) is 5.83. The Morgan fingerprint density at radius 2 is 2.25 bits per heavy atom. The Morgan fingerprint density at radius 3 is 2.92 bits per heavy atom. The van der Waals surface area contributed by atoms with Gasteiger partial charge in [-0.25, -0.2) is 0 Å². The number of alkyl halides is 2. The van der Waals surface area contributed by atoms with Gasteiger partial charge in [0.2, 0.25) is 0 Å². The minimum Gasteiger partial charge on any atom is -0.435 e. The van der Waals surface area contributed by atoms with Gasteiger partial charge in [0.25, 0.3) is 5.91 Å². The summed E-state index contributed by atoms with van der Waals surface area (Å²) in [4.78, 5) is 12.3. The largest absolute Gasteiger partial charge is 0.435 e. The fourth-order valence-electron chi connectivity index (χ4n) is 2.61. The number of aliphatic hydroxyl groups is 1. The van der Waals surface area contributed by atoms with Crippen LogP contribution in [0.2, 0.25) is 0 Å². The number of rotatable bonds is 6. The molecule has 1 saturated carbocycles.